The molecule has 2 aliphatic rings. The molecule has 0 N–H and O–H groups in total. The highest BCUT2D eigenvalue weighted by Crippen LogP contribution is 2.51. The minimum absolute atomic E-state index is 0.0557. The van der Waals surface area contributed by atoms with E-state index >= 15 is 0 Å². The number of fused-ring (bicyclic) bond motifs is 1. The van der Waals surface area contributed by atoms with E-state index in [4.69, 9.17) is 9.73 Å². The Balaban J connectivity index is 1.72. The first kappa shape index (κ1) is 20.1. The van der Waals surface area contributed by atoms with Gasteiger partial charge in [-0.25, -0.2) is 4.99 Å². The number of carbonyl (C=O) groups is 1. The van der Waals surface area contributed by atoms with E-state index in [9.17, 15) is 4.79 Å². The van der Waals surface area contributed by atoms with Crippen LogP contribution in [-0.4, -0.2) is 36.7 Å². The zero-order valence-corrected chi connectivity index (χ0v) is 19.1. The Kier molecular flexibility index (Phi) is 5.76. The Morgan fingerprint density at radius 1 is 1.21 bits per heavy atom. The lowest BCUT2D eigenvalue weighted by atomic mass is 10.3. The van der Waals surface area contributed by atoms with E-state index < -0.39 is 0 Å². The van der Waals surface area contributed by atoms with Crippen molar-refractivity contribution in [3.05, 3.63) is 69.5 Å². The van der Waals surface area contributed by atoms with Crippen LogP contribution in [0.15, 0.2) is 79.4 Å². The van der Waals surface area contributed by atoms with E-state index in [1.54, 1.807) is 29.8 Å². The van der Waals surface area contributed by atoms with Crippen LogP contribution in [-0.2, 0) is 4.79 Å². The molecule has 1 fully saturated rings. The van der Waals surface area contributed by atoms with E-state index in [1.165, 1.54) is 11.8 Å². The molecule has 0 bridgehead atoms. The molecule has 2 aromatic carbocycles. The second-order valence-electron chi connectivity index (χ2n) is 6.31. The Bertz CT molecular complexity index is 1050. The number of ether oxygens (including phenoxy) is 1. The van der Waals surface area contributed by atoms with Crippen molar-refractivity contribution < 1.29 is 9.53 Å². The lowest BCUT2D eigenvalue weighted by molar-refractivity contribution is -0.121. The number of halogens is 1. The van der Waals surface area contributed by atoms with Crippen LogP contribution in [0.1, 0.15) is 0 Å². The molecule has 0 unspecified atom stereocenters. The van der Waals surface area contributed by atoms with Crippen LogP contribution in [0.3, 0.4) is 0 Å². The van der Waals surface area contributed by atoms with Crippen LogP contribution >= 0.6 is 39.5 Å². The highest BCUT2D eigenvalue weighted by Gasteiger charge is 2.38. The third-order valence-electron chi connectivity index (χ3n) is 4.46. The molecule has 5 nitrogen and oxygen atoms in total. The summed E-state index contributed by atoms with van der Waals surface area (Å²) in [5.74, 6) is 0.735. The number of nitrogens with zero attached hydrogens (tertiary/aromatic N) is 3. The van der Waals surface area contributed by atoms with Gasteiger partial charge in [-0.1, -0.05) is 33.8 Å². The van der Waals surface area contributed by atoms with Gasteiger partial charge >= 0.3 is 0 Å². The molecule has 0 aromatic heterocycles. The fourth-order valence-corrected chi connectivity index (χ4v) is 5.58. The van der Waals surface area contributed by atoms with E-state index in [0.717, 1.165) is 31.5 Å². The standard InChI is InChI=1S/C21H18BrN3O2S2/c1-4-11-25-19(26)18(29-21(25)23-14-7-5-13(22)6-8-14)20-24(2)16-12-15(27-3)9-10-17(16)28-20/h4-10,12H,1,11H2,2-3H3/b20-18-,23-21?. The third kappa shape index (κ3) is 3.84. The number of amides is 1. The number of aliphatic imine (C=N–C) groups is 1. The van der Waals surface area contributed by atoms with Crippen molar-refractivity contribution >= 4 is 61.9 Å². The lowest BCUT2D eigenvalue weighted by Gasteiger charge is -2.15. The maximum absolute atomic E-state index is 13.2. The molecule has 0 spiro atoms. The van der Waals surface area contributed by atoms with Crippen LogP contribution in [0.2, 0.25) is 0 Å². The maximum Gasteiger partial charge on any atom is 0.269 e. The first-order valence-corrected chi connectivity index (χ1v) is 11.2. The van der Waals surface area contributed by atoms with Gasteiger partial charge in [0.25, 0.3) is 5.91 Å². The second-order valence-corrected chi connectivity index (χ2v) is 9.23. The van der Waals surface area contributed by atoms with Gasteiger partial charge in [0.05, 0.1) is 23.5 Å². The highest BCUT2D eigenvalue weighted by atomic mass is 79.9. The number of hydrogen-bond donors (Lipinski definition) is 0. The number of amidine groups is 1. The molecule has 0 aliphatic carbocycles. The van der Waals surface area contributed by atoms with Crippen molar-refractivity contribution in [2.75, 3.05) is 25.6 Å². The van der Waals surface area contributed by atoms with Gasteiger partial charge in [-0.2, -0.15) is 0 Å². The van der Waals surface area contributed by atoms with Gasteiger partial charge in [0, 0.05) is 29.0 Å². The molecule has 8 heteroatoms. The van der Waals surface area contributed by atoms with Crippen LogP contribution in [0.25, 0.3) is 0 Å². The highest BCUT2D eigenvalue weighted by molar-refractivity contribution is 9.10. The summed E-state index contributed by atoms with van der Waals surface area (Å²) in [7, 11) is 3.62. The normalized spacial score (nSPS) is 19.8. The minimum atomic E-state index is -0.0557. The molecule has 29 heavy (non-hydrogen) atoms. The number of hydrogen-bond acceptors (Lipinski definition) is 6. The summed E-state index contributed by atoms with van der Waals surface area (Å²) in [6.45, 7) is 4.20. The Morgan fingerprint density at radius 2 is 1.97 bits per heavy atom. The molecule has 1 saturated heterocycles. The number of methoxy groups -OCH3 is 1. The summed E-state index contributed by atoms with van der Waals surface area (Å²) in [5, 5.41) is 1.56. The third-order valence-corrected chi connectivity index (χ3v) is 7.42. The summed E-state index contributed by atoms with van der Waals surface area (Å²) in [6.07, 6.45) is 1.72. The van der Waals surface area contributed by atoms with Gasteiger partial charge in [-0.05, 0) is 48.2 Å². The summed E-state index contributed by atoms with van der Waals surface area (Å²) in [6, 6.07) is 13.6. The predicted molar refractivity (Wildman–Crippen MR) is 125 cm³/mol. The minimum Gasteiger partial charge on any atom is -0.497 e. The molecule has 1 amide bonds. The summed E-state index contributed by atoms with van der Waals surface area (Å²) < 4.78 is 6.33. The van der Waals surface area contributed by atoms with Crippen molar-refractivity contribution in [2.45, 2.75) is 4.90 Å². The van der Waals surface area contributed by atoms with Gasteiger partial charge in [0.1, 0.15) is 10.7 Å². The van der Waals surface area contributed by atoms with Gasteiger partial charge < -0.3 is 9.64 Å². The average molecular weight is 488 g/mol. The largest absolute Gasteiger partial charge is 0.497 e. The van der Waals surface area contributed by atoms with Gasteiger partial charge in [-0.15, -0.1) is 6.58 Å². The van der Waals surface area contributed by atoms with Gasteiger partial charge in [-0.3, -0.25) is 9.69 Å². The van der Waals surface area contributed by atoms with Crippen molar-refractivity contribution in [2.24, 2.45) is 4.99 Å². The zero-order chi connectivity index (χ0) is 20.5. The summed E-state index contributed by atoms with van der Waals surface area (Å²) in [5.41, 5.74) is 1.82. The monoisotopic (exact) mass is 487 g/mol. The SMILES string of the molecule is C=CCN1C(=O)/C(=C2/Sc3ccc(OC)cc3N2C)SC1=Nc1ccc(Br)cc1. The van der Waals surface area contributed by atoms with E-state index in [1.807, 2.05) is 54.4 Å². The van der Waals surface area contributed by atoms with Crippen LogP contribution in [0.4, 0.5) is 11.4 Å². The molecule has 0 radical (unpaired) electrons. The molecular weight excluding hydrogens is 470 g/mol. The quantitative estimate of drug-likeness (QED) is 0.413. The van der Waals surface area contributed by atoms with E-state index in [0.29, 0.717) is 16.6 Å². The smallest absolute Gasteiger partial charge is 0.269 e. The maximum atomic E-state index is 13.2. The molecule has 0 atom stereocenters. The topological polar surface area (TPSA) is 45.1 Å². The van der Waals surface area contributed by atoms with Crippen molar-refractivity contribution in [1.29, 1.82) is 0 Å². The van der Waals surface area contributed by atoms with Crippen LogP contribution < -0.4 is 9.64 Å². The second kappa shape index (κ2) is 8.30. The fourth-order valence-electron chi connectivity index (χ4n) is 2.99. The molecule has 0 saturated carbocycles. The lowest BCUT2D eigenvalue weighted by Crippen LogP contribution is -2.29. The number of thioether (sulfide) groups is 2. The molecule has 2 aromatic rings. The van der Waals surface area contributed by atoms with Crippen molar-refractivity contribution in [3.8, 4) is 5.75 Å². The van der Waals surface area contributed by atoms with Gasteiger partial charge in [0.2, 0.25) is 0 Å². The number of rotatable bonds is 4. The van der Waals surface area contributed by atoms with Crippen molar-refractivity contribution in [3.63, 3.8) is 0 Å². The van der Waals surface area contributed by atoms with Crippen LogP contribution in [0, 0.1) is 0 Å². The molecular formula is C21H18BrN3O2S2. The average Bonchev–Trinajstić information content (AvgIpc) is 3.21. The molecule has 148 valence electrons. The predicted octanol–water partition coefficient (Wildman–Crippen LogP) is 5.62. The molecule has 4 rings (SSSR count). The number of benzene rings is 2. The Hall–Kier alpha value is -2.16. The molecule has 2 heterocycles. The summed E-state index contributed by atoms with van der Waals surface area (Å²) >= 11 is 6.42. The van der Waals surface area contributed by atoms with Gasteiger partial charge in [0.15, 0.2) is 5.17 Å². The number of anilines is 1. The van der Waals surface area contributed by atoms with E-state index in [-0.39, 0.29) is 5.91 Å². The van der Waals surface area contributed by atoms with Crippen molar-refractivity contribution in [1.82, 2.24) is 4.90 Å². The Morgan fingerprint density at radius 3 is 2.66 bits per heavy atom. The first-order chi connectivity index (χ1) is 14.0. The van der Waals surface area contributed by atoms with Crippen LogP contribution in [0.5, 0.6) is 5.75 Å². The number of carbonyl (C=O) groups excluding carboxylic acids is 1. The summed E-state index contributed by atoms with van der Waals surface area (Å²) in [4.78, 5) is 23.4. The molecule has 2 aliphatic heterocycles. The van der Waals surface area contributed by atoms with E-state index in [2.05, 4.69) is 22.5 Å². The Labute approximate surface area is 186 Å². The fraction of sp³-hybridized carbons (Fsp3) is 0.143. The zero-order valence-electron chi connectivity index (χ0n) is 15.9. The first-order valence-electron chi connectivity index (χ1n) is 8.80.